The molecule has 1 fully saturated rings. The molecule has 0 aromatic carbocycles. The molecule has 2 aromatic heterocycles. The van der Waals surface area contributed by atoms with Crippen molar-refractivity contribution in [2.45, 2.75) is 52.4 Å². The Morgan fingerprint density at radius 1 is 1.25 bits per heavy atom. The van der Waals surface area contributed by atoms with Crippen LogP contribution in [0.5, 0.6) is 0 Å². The highest BCUT2D eigenvalue weighted by Crippen LogP contribution is 2.32. The number of nitrogens with one attached hydrogen (secondary N) is 1. The number of aromatic nitrogens is 2. The Bertz CT molecular complexity index is 585. The van der Waals surface area contributed by atoms with Crippen LogP contribution in [0.15, 0.2) is 6.33 Å². The average Bonchev–Trinajstić information content (AvgIpc) is 3.05. The van der Waals surface area contributed by atoms with Crippen molar-refractivity contribution in [3.8, 4) is 0 Å². The number of nitrogens with zero attached hydrogens (tertiary/aromatic N) is 2. The number of aryl methyl sites for hydroxylation is 2. The summed E-state index contributed by atoms with van der Waals surface area (Å²) in [6, 6.07) is 0. The van der Waals surface area contributed by atoms with E-state index in [0.29, 0.717) is 0 Å². The molecular formula is C16H23N3S. The van der Waals surface area contributed by atoms with Gasteiger partial charge in [0.15, 0.2) is 0 Å². The maximum Gasteiger partial charge on any atom is 0.138 e. The summed E-state index contributed by atoms with van der Waals surface area (Å²) < 4.78 is 0. The van der Waals surface area contributed by atoms with Gasteiger partial charge in [0, 0.05) is 11.4 Å². The molecule has 1 saturated carbocycles. The fourth-order valence-electron chi connectivity index (χ4n) is 3.21. The molecule has 2 aromatic rings. The van der Waals surface area contributed by atoms with Crippen molar-refractivity contribution in [3.63, 3.8) is 0 Å². The van der Waals surface area contributed by atoms with Crippen LogP contribution in [0.25, 0.3) is 10.2 Å². The first-order valence-corrected chi connectivity index (χ1v) is 8.52. The van der Waals surface area contributed by atoms with Crippen LogP contribution in [0, 0.1) is 19.8 Å². The molecule has 1 aliphatic rings. The molecular weight excluding hydrogens is 266 g/mol. The number of hydrogen-bond acceptors (Lipinski definition) is 4. The second kappa shape index (κ2) is 6.08. The van der Waals surface area contributed by atoms with Crippen LogP contribution in [0.1, 0.15) is 49.0 Å². The van der Waals surface area contributed by atoms with E-state index in [2.05, 4.69) is 29.1 Å². The number of anilines is 1. The highest BCUT2D eigenvalue weighted by molar-refractivity contribution is 7.18. The third kappa shape index (κ3) is 2.80. The molecule has 4 heteroatoms. The molecule has 0 atom stereocenters. The number of fused-ring (bicyclic) bond motifs is 1. The van der Waals surface area contributed by atoms with Gasteiger partial charge in [-0.15, -0.1) is 11.3 Å². The maximum absolute atomic E-state index is 4.43. The Labute approximate surface area is 124 Å². The zero-order chi connectivity index (χ0) is 13.9. The Kier molecular flexibility index (Phi) is 4.20. The molecule has 20 heavy (non-hydrogen) atoms. The smallest absolute Gasteiger partial charge is 0.138 e. The van der Waals surface area contributed by atoms with Crippen LogP contribution >= 0.6 is 11.3 Å². The van der Waals surface area contributed by atoms with Crippen molar-refractivity contribution >= 4 is 27.4 Å². The van der Waals surface area contributed by atoms with Crippen molar-refractivity contribution in [2.75, 3.05) is 11.9 Å². The first-order valence-electron chi connectivity index (χ1n) is 7.70. The molecule has 0 aliphatic heterocycles. The summed E-state index contributed by atoms with van der Waals surface area (Å²) in [5.74, 6) is 2.00. The van der Waals surface area contributed by atoms with Gasteiger partial charge >= 0.3 is 0 Å². The van der Waals surface area contributed by atoms with Crippen molar-refractivity contribution in [1.29, 1.82) is 0 Å². The lowest BCUT2D eigenvalue weighted by atomic mass is 10.0. The van der Waals surface area contributed by atoms with Crippen molar-refractivity contribution in [1.82, 2.24) is 9.97 Å². The van der Waals surface area contributed by atoms with E-state index in [0.717, 1.165) is 23.1 Å². The fraction of sp³-hybridized carbons (Fsp3) is 0.625. The van der Waals surface area contributed by atoms with E-state index < -0.39 is 0 Å². The molecule has 2 heterocycles. The zero-order valence-electron chi connectivity index (χ0n) is 12.4. The molecule has 0 saturated heterocycles. The highest BCUT2D eigenvalue weighted by atomic mass is 32.1. The lowest BCUT2D eigenvalue weighted by Gasteiger charge is -2.10. The summed E-state index contributed by atoms with van der Waals surface area (Å²) in [5.41, 5.74) is 1.32. The average molecular weight is 289 g/mol. The maximum atomic E-state index is 4.43. The van der Waals surface area contributed by atoms with Gasteiger partial charge in [-0.2, -0.15) is 0 Å². The Balaban J connectivity index is 1.62. The lowest BCUT2D eigenvalue weighted by Crippen LogP contribution is -2.06. The molecule has 1 N–H and O–H groups in total. The lowest BCUT2D eigenvalue weighted by molar-refractivity contribution is 0.491. The van der Waals surface area contributed by atoms with Crippen LogP contribution in [0.3, 0.4) is 0 Å². The van der Waals surface area contributed by atoms with E-state index in [-0.39, 0.29) is 0 Å². The van der Waals surface area contributed by atoms with Crippen molar-refractivity contribution in [2.24, 2.45) is 5.92 Å². The molecule has 1 aliphatic carbocycles. The minimum Gasteiger partial charge on any atom is -0.369 e. The molecule has 0 amide bonds. The number of rotatable bonds is 5. The topological polar surface area (TPSA) is 37.8 Å². The first kappa shape index (κ1) is 13.8. The van der Waals surface area contributed by atoms with E-state index in [1.807, 2.05) is 0 Å². The van der Waals surface area contributed by atoms with E-state index in [4.69, 9.17) is 0 Å². The molecule has 3 rings (SSSR count). The van der Waals surface area contributed by atoms with Gasteiger partial charge < -0.3 is 5.32 Å². The summed E-state index contributed by atoms with van der Waals surface area (Å²) >= 11 is 1.76. The summed E-state index contributed by atoms with van der Waals surface area (Å²) in [6.45, 7) is 5.35. The fourth-order valence-corrected chi connectivity index (χ4v) is 4.21. The Morgan fingerprint density at radius 3 is 2.85 bits per heavy atom. The molecule has 0 unspecified atom stereocenters. The van der Waals surface area contributed by atoms with Crippen LogP contribution < -0.4 is 5.32 Å². The monoisotopic (exact) mass is 289 g/mol. The van der Waals surface area contributed by atoms with Gasteiger partial charge in [-0.05, 0) is 38.2 Å². The number of hydrogen-bond donors (Lipinski definition) is 1. The molecule has 0 bridgehead atoms. The van der Waals surface area contributed by atoms with Crippen LogP contribution in [-0.4, -0.2) is 16.5 Å². The third-order valence-electron chi connectivity index (χ3n) is 4.52. The second-order valence-corrected chi connectivity index (χ2v) is 7.11. The van der Waals surface area contributed by atoms with Gasteiger partial charge in [0.1, 0.15) is 17.0 Å². The highest BCUT2D eigenvalue weighted by Gasteiger charge is 2.15. The summed E-state index contributed by atoms with van der Waals surface area (Å²) in [4.78, 5) is 11.3. The Hall–Kier alpha value is -1.16. The number of thiophene rings is 1. The molecule has 108 valence electrons. The van der Waals surface area contributed by atoms with E-state index in [1.54, 1.807) is 17.7 Å². The molecule has 0 spiro atoms. The van der Waals surface area contributed by atoms with Crippen LogP contribution in [0.2, 0.25) is 0 Å². The summed E-state index contributed by atoms with van der Waals surface area (Å²) in [7, 11) is 0. The first-order chi connectivity index (χ1) is 9.75. The quantitative estimate of drug-likeness (QED) is 0.811. The van der Waals surface area contributed by atoms with Gasteiger partial charge in [0.2, 0.25) is 0 Å². The predicted molar refractivity (Wildman–Crippen MR) is 86.6 cm³/mol. The summed E-state index contributed by atoms with van der Waals surface area (Å²) in [6.07, 6.45) is 10.1. The van der Waals surface area contributed by atoms with Crippen molar-refractivity contribution in [3.05, 3.63) is 16.8 Å². The SMILES string of the molecule is Cc1sc2ncnc(NCCCC3CCCC3)c2c1C. The standard InChI is InChI=1S/C16H23N3S/c1-11-12(2)20-16-14(11)15(18-10-19-16)17-9-5-8-13-6-3-4-7-13/h10,13H,3-9H2,1-2H3,(H,17,18,19). The van der Waals surface area contributed by atoms with Crippen molar-refractivity contribution < 1.29 is 0 Å². The largest absolute Gasteiger partial charge is 0.369 e. The van der Waals surface area contributed by atoms with E-state index in [1.165, 1.54) is 54.4 Å². The van der Waals surface area contributed by atoms with Gasteiger partial charge in [0.25, 0.3) is 0 Å². The van der Waals surface area contributed by atoms with Crippen LogP contribution in [-0.2, 0) is 0 Å². The van der Waals surface area contributed by atoms with Gasteiger partial charge in [0.05, 0.1) is 5.39 Å². The van der Waals surface area contributed by atoms with E-state index in [9.17, 15) is 0 Å². The minimum atomic E-state index is 0.979. The normalized spacial score (nSPS) is 16.1. The van der Waals surface area contributed by atoms with Gasteiger partial charge in [-0.3, -0.25) is 0 Å². The second-order valence-electron chi connectivity index (χ2n) is 5.91. The van der Waals surface area contributed by atoms with E-state index >= 15 is 0 Å². The predicted octanol–water partition coefficient (Wildman–Crippen LogP) is 4.69. The van der Waals surface area contributed by atoms with Crippen LogP contribution in [0.4, 0.5) is 5.82 Å². The zero-order valence-corrected chi connectivity index (χ0v) is 13.2. The third-order valence-corrected chi connectivity index (χ3v) is 5.64. The van der Waals surface area contributed by atoms with Gasteiger partial charge in [-0.25, -0.2) is 9.97 Å². The molecule has 3 nitrogen and oxygen atoms in total. The van der Waals surface area contributed by atoms with Gasteiger partial charge in [-0.1, -0.05) is 25.7 Å². The molecule has 0 radical (unpaired) electrons. The summed E-state index contributed by atoms with van der Waals surface area (Å²) in [5, 5.41) is 4.74. The Morgan fingerprint density at radius 2 is 2.05 bits per heavy atom. The minimum absolute atomic E-state index is 0.979.